The molecule has 8 nitrogen and oxygen atoms in total. The molecule has 0 N–H and O–H groups in total. The second kappa shape index (κ2) is 15.1. The van der Waals surface area contributed by atoms with E-state index in [4.69, 9.17) is 23.1 Å². The summed E-state index contributed by atoms with van der Waals surface area (Å²) >= 11 is 0. The van der Waals surface area contributed by atoms with Gasteiger partial charge in [0.15, 0.2) is 12.6 Å². The standard InChI is InChI=1S/C34H50O8S/c1-3-4-5-10-27(41-32-11-6-8-19-38-32)15-18-29-30-21-26(35)22-34(30,23-31(29)42-33-12-7-9-20-39-33)24-40-43(36,37)28-16-13-25(2)14-17-28/h13-18,27,29-33H,3-12,19-24H2,1-2H3/t27-,29+,30+,31+,32?,33?,34-/m0/s1. The van der Waals surface area contributed by atoms with Crippen LogP contribution in [-0.2, 0) is 38.0 Å². The molecular formula is C34H50O8S. The number of hydrogen-bond donors (Lipinski definition) is 0. The molecule has 4 fully saturated rings. The van der Waals surface area contributed by atoms with Crippen molar-refractivity contribution in [2.24, 2.45) is 17.3 Å². The topological polar surface area (TPSA) is 97.4 Å². The fraction of sp³-hybridized carbons (Fsp3) is 0.735. The van der Waals surface area contributed by atoms with Crippen LogP contribution in [0.3, 0.4) is 0 Å². The zero-order valence-electron chi connectivity index (χ0n) is 25.9. The molecule has 0 radical (unpaired) electrons. The van der Waals surface area contributed by atoms with Crippen LogP contribution in [-0.4, -0.2) is 58.8 Å². The second-order valence-corrected chi connectivity index (χ2v) is 14.6. The number of carbonyl (C=O) groups excluding carboxylic acids is 1. The van der Waals surface area contributed by atoms with E-state index in [1.807, 2.05) is 6.92 Å². The Kier molecular flexibility index (Phi) is 11.5. The maximum Gasteiger partial charge on any atom is 0.296 e. The van der Waals surface area contributed by atoms with Gasteiger partial charge in [-0.3, -0.25) is 8.98 Å². The lowest BCUT2D eigenvalue weighted by atomic mass is 9.78. The number of aryl methyl sites for hydroxylation is 1. The van der Waals surface area contributed by atoms with E-state index in [1.165, 1.54) is 0 Å². The van der Waals surface area contributed by atoms with Crippen LogP contribution >= 0.6 is 0 Å². The molecule has 2 saturated heterocycles. The number of carbonyl (C=O) groups is 1. The van der Waals surface area contributed by atoms with Crippen LogP contribution in [0.5, 0.6) is 0 Å². The van der Waals surface area contributed by atoms with E-state index >= 15 is 0 Å². The first-order chi connectivity index (χ1) is 20.8. The van der Waals surface area contributed by atoms with E-state index in [0.29, 0.717) is 25.9 Å². The third kappa shape index (κ3) is 8.56. The molecule has 0 amide bonds. The minimum Gasteiger partial charge on any atom is -0.353 e. The van der Waals surface area contributed by atoms with Crippen molar-refractivity contribution in [3.8, 4) is 0 Å². The van der Waals surface area contributed by atoms with Crippen LogP contribution < -0.4 is 0 Å². The number of fused-ring (bicyclic) bond motifs is 1. The van der Waals surface area contributed by atoms with Crippen molar-refractivity contribution in [1.82, 2.24) is 0 Å². The van der Waals surface area contributed by atoms with Gasteiger partial charge in [0, 0.05) is 37.4 Å². The Morgan fingerprint density at radius 1 is 1.02 bits per heavy atom. The van der Waals surface area contributed by atoms with Gasteiger partial charge in [0.2, 0.25) is 0 Å². The molecule has 0 aromatic heterocycles. The summed E-state index contributed by atoms with van der Waals surface area (Å²) in [7, 11) is -3.97. The molecule has 43 heavy (non-hydrogen) atoms. The number of ether oxygens (including phenoxy) is 4. The maximum absolute atomic E-state index is 13.2. The van der Waals surface area contributed by atoms with Gasteiger partial charge < -0.3 is 18.9 Å². The first kappa shape index (κ1) is 32.8. The van der Waals surface area contributed by atoms with E-state index in [-0.39, 0.29) is 53.9 Å². The third-order valence-corrected chi connectivity index (χ3v) is 10.9. The van der Waals surface area contributed by atoms with E-state index in [0.717, 1.165) is 76.4 Å². The minimum absolute atomic E-state index is 0.0400. The molecule has 240 valence electrons. The van der Waals surface area contributed by atoms with Gasteiger partial charge in [0.1, 0.15) is 5.78 Å². The smallest absolute Gasteiger partial charge is 0.296 e. The van der Waals surface area contributed by atoms with Gasteiger partial charge in [-0.15, -0.1) is 0 Å². The molecule has 2 unspecified atom stereocenters. The van der Waals surface area contributed by atoms with Crippen molar-refractivity contribution >= 4 is 15.9 Å². The molecule has 2 aliphatic carbocycles. The van der Waals surface area contributed by atoms with E-state index in [2.05, 4.69) is 19.1 Å². The fourth-order valence-corrected chi connectivity index (χ4v) is 8.28. The zero-order valence-corrected chi connectivity index (χ0v) is 26.7. The number of rotatable bonds is 14. The highest BCUT2D eigenvalue weighted by Gasteiger charge is 2.59. The summed E-state index contributed by atoms with van der Waals surface area (Å²) in [6, 6.07) is 6.66. The van der Waals surface area contributed by atoms with Gasteiger partial charge in [-0.2, -0.15) is 8.42 Å². The Labute approximate surface area is 258 Å². The van der Waals surface area contributed by atoms with Gasteiger partial charge in [-0.05, 0) is 76.3 Å². The Morgan fingerprint density at radius 2 is 1.74 bits per heavy atom. The van der Waals surface area contributed by atoms with E-state index < -0.39 is 15.5 Å². The summed E-state index contributed by atoms with van der Waals surface area (Å²) in [4.78, 5) is 13.1. The molecule has 5 rings (SSSR count). The Bertz CT molecular complexity index is 1170. The normalized spacial score (nSPS) is 32.3. The fourth-order valence-electron chi connectivity index (χ4n) is 7.29. The predicted molar refractivity (Wildman–Crippen MR) is 163 cm³/mol. The molecular weight excluding hydrogens is 568 g/mol. The highest BCUT2D eigenvalue weighted by Crippen LogP contribution is 2.57. The van der Waals surface area contributed by atoms with Gasteiger partial charge in [0.25, 0.3) is 10.1 Å². The minimum atomic E-state index is -3.97. The summed E-state index contributed by atoms with van der Waals surface area (Å²) in [6.45, 7) is 5.48. The second-order valence-electron chi connectivity index (χ2n) is 13.0. The van der Waals surface area contributed by atoms with Crippen molar-refractivity contribution in [2.75, 3.05) is 19.8 Å². The van der Waals surface area contributed by atoms with E-state index in [9.17, 15) is 13.2 Å². The lowest BCUT2D eigenvalue weighted by molar-refractivity contribution is -0.194. The third-order valence-electron chi connectivity index (χ3n) is 9.67. The van der Waals surface area contributed by atoms with Gasteiger partial charge in [-0.1, -0.05) is 56.0 Å². The maximum atomic E-state index is 13.2. The molecule has 2 saturated carbocycles. The quantitative estimate of drug-likeness (QED) is 0.130. The molecule has 0 spiro atoms. The van der Waals surface area contributed by atoms with Crippen LogP contribution in [0.1, 0.15) is 96.0 Å². The van der Waals surface area contributed by atoms with Crippen LogP contribution in [0.25, 0.3) is 0 Å². The average molecular weight is 619 g/mol. The molecule has 0 bridgehead atoms. The molecule has 2 aliphatic heterocycles. The lowest BCUT2D eigenvalue weighted by Gasteiger charge is -2.30. The monoisotopic (exact) mass is 618 g/mol. The largest absolute Gasteiger partial charge is 0.353 e. The molecule has 9 heteroatoms. The summed E-state index contributed by atoms with van der Waals surface area (Å²) in [5.41, 5.74) is 0.357. The zero-order chi connectivity index (χ0) is 30.3. The number of benzene rings is 1. The van der Waals surface area contributed by atoms with Gasteiger partial charge in [0.05, 0.1) is 23.7 Å². The molecule has 1 aromatic carbocycles. The molecule has 1 aromatic rings. The predicted octanol–water partition coefficient (Wildman–Crippen LogP) is 6.65. The number of Topliss-reactive ketones (excluding diaryl/α,β-unsaturated/α-hetero) is 1. The van der Waals surface area contributed by atoms with Crippen molar-refractivity contribution < 1.29 is 36.3 Å². The summed E-state index contributed by atoms with van der Waals surface area (Å²) in [5.74, 6) is -0.00839. The van der Waals surface area contributed by atoms with Crippen molar-refractivity contribution in [2.45, 2.75) is 127 Å². The molecule has 4 aliphatic rings. The van der Waals surface area contributed by atoms with E-state index in [1.54, 1.807) is 24.3 Å². The Morgan fingerprint density at radius 3 is 2.42 bits per heavy atom. The summed E-state index contributed by atoms with van der Waals surface area (Å²) in [5, 5.41) is 0. The number of unbranched alkanes of at least 4 members (excludes halogenated alkanes) is 2. The summed E-state index contributed by atoms with van der Waals surface area (Å²) < 4.78 is 57.0. The Balaban J connectivity index is 1.36. The van der Waals surface area contributed by atoms with Crippen LogP contribution in [0.4, 0.5) is 0 Å². The first-order valence-electron chi connectivity index (χ1n) is 16.5. The van der Waals surface area contributed by atoms with Crippen molar-refractivity contribution in [3.63, 3.8) is 0 Å². The summed E-state index contributed by atoms with van der Waals surface area (Å²) in [6.07, 6.45) is 15.0. The van der Waals surface area contributed by atoms with Gasteiger partial charge in [-0.25, -0.2) is 0 Å². The van der Waals surface area contributed by atoms with Crippen LogP contribution in [0.2, 0.25) is 0 Å². The SMILES string of the molecule is CCCCC[C@@H](C=C[C@@H]1[C@H]2CC(=O)C[C@@]2(COS(=O)(=O)c2ccc(C)cc2)C[C@H]1OC1CCCCO1)OC1CCCCO1. The van der Waals surface area contributed by atoms with Crippen molar-refractivity contribution in [3.05, 3.63) is 42.0 Å². The molecule has 7 atom stereocenters. The highest BCUT2D eigenvalue weighted by atomic mass is 32.2. The van der Waals surface area contributed by atoms with Crippen molar-refractivity contribution in [1.29, 1.82) is 0 Å². The molecule has 2 heterocycles. The average Bonchev–Trinajstić information content (AvgIpc) is 3.46. The van der Waals surface area contributed by atoms with Crippen LogP contribution in [0.15, 0.2) is 41.3 Å². The highest BCUT2D eigenvalue weighted by molar-refractivity contribution is 7.86. The van der Waals surface area contributed by atoms with Crippen LogP contribution in [0, 0.1) is 24.2 Å². The lowest BCUT2D eigenvalue weighted by Crippen LogP contribution is -2.31. The number of ketones is 1. The Hall–Kier alpha value is -1.62. The number of hydrogen-bond acceptors (Lipinski definition) is 8. The first-order valence-corrected chi connectivity index (χ1v) is 17.9. The van der Waals surface area contributed by atoms with Gasteiger partial charge >= 0.3 is 0 Å².